The molecular weight excluding hydrogens is 232 g/mol. The summed E-state index contributed by atoms with van der Waals surface area (Å²) < 4.78 is 0. The number of carbonyl (C=O) groups is 1. The Morgan fingerprint density at radius 1 is 1.06 bits per heavy atom. The number of hydrogen-bond donors (Lipinski definition) is 0. The third-order valence-corrected chi connectivity index (χ3v) is 3.52. The van der Waals surface area contributed by atoms with Gasteiger partial charge >= 0.3 is 0 Å². The van der Waals surface area contributed by atoms with Crippen LogP contribution in [0, 0.1) is 0 Å². The molecule has 0 aromatic heterocycles. The lowest BCUT2D eigenvalue weighted by molar-refractivity contribution is 0.0991. The second kappa shape index (κ2) is 4.01. The van der Waals surface area contributed by atoms with Crippen molar-refractivity contribution in [3.8, 4) is 0 Å². The summed E-state index contributed by atoms with van der Waals surface area (Å²) in [5, 5.41) is 0.630. The molecule has 0 aliphatic heterocycles. The minimum absolute atomic E-state index is 0.191. The summed E-state index contributed by atoms with van der Waals surface area (Å²) >= 11 is 5.93. The molecule has 0 heterocycles. The molecule has 0 bridgehead atoms. The van der Waals surface area contributed by atoms with E-state index in [1.807, 2.05) is 30.3 Å². The molecule has 0 spiro atoms. The number of fused-ring (bicyclic) bond motifs is 1. The van der Waals surface area contributed by atoms with E-state index in [1.165, 1.54) is 5.56 Å². The van der Waals surface area contributed by atoms with Crippen molar-refractivity contribution in [3.05, 3.63) is 70.2 Å². The Hall–Kier alpha value is -1.60. The molecule has 0 saturated heterocycles. The maximum absolute atomic E-state index is 11.9. The summed E-state index contributed by atoms with van der Waals surface area (Å²) in [6.07, 6.45) is 0.555. The maximum atomic E-state index is 11.9. The predicted octanol–water partition coefficient (Wildman–Crippen LogP) is 4.06. The zero-order valence-electron chi connectivity index (χ0n) is 9.19. The van der Waals surface area contributed by atoms with Gasteiger partial charge in [-0.25, -0.2) is 0 Å². The Kier molecular flexibility index (Phi) is 2.49. The van der Waals surface area contributed by atoms with Crippen molar-refractivity contribution < 1.29 is 4.79 Å². The van der Waals surface area contributed by atoms with Crippen LogP contribution in [0.2, 0.25) is 5.02 Å². The van der Waals surface area contributed by atoms with Crippen LogP contribution in [0.3, 0.4) is 0 Å². The van der Waals surface area contributed by atoms with Gasteiger partial charge in [-0.2, -0.15) is 0 Å². The lowest BCUT2D eigenvalue weighted by atomic mass is 9.93. The van der Waals surface area contributed by atoms with E-state index in [1.54, 1.807) is 6.07 Å². The molecule has 0 amide bonds. The standard InChI is InChI=1S/C15H11ClO/c16-11-6-7-12-13(9-15(17)14(12)8-11)10-4-2-1-3-5-10/h1-8,13H,9H2. The highest BCUT2D eigenvalue weighted by Crippen LogP contribution is 2.38. The number of hydrogen-bond acceptors (Lipinski definition) is 1. The average molecular weight is 243 g/mol. The molecule has 2 aromatic rings. The van der Waals surface area contributed by atoms with Gasteiger partial charge in [-0.3, -0.25) is 4.79 Å². The Morgan fingerprint density at radius 2 is 1.82 bits per heavy atom. The van der Waals surface area contributed by atoms with Crippen molar-refractivity contribution in [2.24, 2.45) is 0 Å². The number of benzene rings is 2. The fourth-order valence-corrected chi connectivity index (χ4v) is 2.63. The van der Waals surface area contributed by atoms with Crippen molar-refractivity contribution >= 4 is 17.4 Å². The zero-order valence-corrected chi connectivity index (χ0v) is 9.95. The molecule has 0 radical (unpaired) electrons. The highest BCUT2D eigenvalue weighted by molar-refractivity contribution is 6.31. The van der Waals surface area contributed by atoms with Crippen LogP contribution in [-0.2, 0) is 0 Å². The summed E-state index contributed by atoms with van der Waals surface area (Å²) in [6, 6.07) is 15.8. The molecule has 0 fully saturated rings. The van der Waals surface area contributed by atoms with E-state index in [4.69, 9.17) is 11.6 Å². The Balaban J connectivity index is 2.11. The molecule has 84 valence electrons. The monoisotopic (exact) mass is 242 g/mol. The lowest BCUT2D eigenvalue weighted by Gasteiger charge is -2.10. The van der Waals surface area contributed by atoms with Crippen molar-refractivity contribution in [2.45, 2.75) is 12.3 Å². The number of carbonyl (C=O) groups excluding carboxylic acids is 1. The van der Waals surface area contributed by atoms with Gasteiger partial charge in [0, 0.05) is 22.9 Å². The number of rotatable bonds is 1. The van der Waals surface area contributed by atoms with Crippen LogP contribution in [0.5, 0.6) is 0 Å². The average Bonchev–Trinajstić information content (AvgIpc) is 2.68. The van der Waals surface area contributed by atoms with E-state index in [0.29, 0.717) is 11.4 Å². The van der Waals surface area contributed by atoms with Gasteiger partial charge in [-0.1, -0.05) is 48.0 Å². The molecular formula is C15H11ClO. The van der Waals surface area contributed by atoms with Gasteiger partial charge in [0.25, 0.3) is 0 Å². The fraction of sp³-hybridized carbons (Fsp3) is 0.133. The van der Waals surface area contributed by atoms with Crippen LogP contribution < -0.4 is 0 Å². The van der Waals surface area contributed by atoms with Crippen molar-refractivity contribution in [1.29, 1.82) is 0 Å². The quantitative estimate of drug-likeness (QED) is 0.737. The van der Waals surface area contributed by atoms with E-state index in [2.05, 4.69) is 12.1 Å². The first-order valence-electron chi connectivity index (χ1n) is 5.63. The van der Waals surface area contributed by atoms with Gasteiger partial charge in [0.2, 0.25) is 0 Å². The zero-order chi connectivity index (χ0) is 11.8. The Morgan fingerprint density at radius 3 is 2.59 bits per heavy atom. The predicted molar refractivity (Wildman–Crippen MR) is 68.7 cm³/mol. The molecule has 17 heavy (non-hydrogen) atoms. The maximum Gasteiger partial charge on any atom is 0.164 e. The third kappa shape index (κ3) is 1.77. The van der Waals surface area contributed by atoms with Gasteiger partial charge in [0.1, 0.15) is 0 Å². The largest absolute Gasteiger partial charge is 0.294 e. The Labute approximate surface area is 105 Å². The third-order valence-electron chi connectivity index (χ3n) is 3.28. The highest BCUT2D eigenvalue weighted by atomic mass is 35.5. The summed E-state index contributed by atoms with van der Waals surface area (Å²) in [5.41, 5.74) is 3.08. The molecule has 0 saturated carbocycles. The van der Waals surface area contributed by atoms with E-state index in [-0.39, 0.29) is 11.7 Å². The van der Waals surface area contributed by atoms with Gasteiger partial charge in [-0.15, -0.1) is 0 Å². The van der Waals surface area contributed by atoms with E-state index in [9.17, 15) is 4.79 Å². The van der Waals surface area contributed by atoms with Crippen LogP contribution in [0.15, 0.2) is 48.5 Å². The summed E-state index contributed by atoms with van der Waals surface area (Å²) in [6.45, 7) is 0. The van der Waals surface area contributed by atoms with Crippen LogP contribution in [0.25, 0.3) is 0 Å². The van der Waals surface area contributed by atoms with Gasteiger partial charge in [0.05, 0.1) is 0 Å². The van der Waals surface area contributed by atoms with Gasteiger partial charge in [-0.05, 0) is 23.3 Å². The molecule has 3 rings (SSSR count). The van der Waals surface area contributed by atoms with Crippen molar-refractivity contribution in [2.75, 3.05) is 0 Å². The number of Topliss-reactive ketones (excluding diaryl/α,β-unsaturated/α-hetero) is 1. The highest BCUT2D eigenvalue weighted by Gasteiger charge is 2.30. The van der Waals surface area contributed by atoms with E-state index >= 15 is 0 Å². The molecule has 1 aliphatic rings. The molecule has 1 atom stereocenters. The van der Waals surface area contributed by atoms with Crippen molar-refractivity contribution in [3.63, 3.8) is 0 Å². The van der Waals surface area contributed by atoms with E-state index in [0.717, 1.165) is 11.1 Å². The van der Waals surface area contributed by atoms with Crippen LogP contribution in [0.4, 0.5) is 0 Å². The number of ketones is 1. The molecule has 2 aromatic carbocycles. The fourth-order valence-electron chi connectivity index (χ4n) is 2.46. The summed E-state index contributed by atoms with van der Waals surface area (Å²) in [4.78, 5) is 11.9. The number of halogens is 1. The van der Waals surface area contributed by atoms with Crippen molar-refractivity contribution in [1.82, 2.24) is 0 Å². The molecule has 1 nitrogen and oxygen atoms in total. The second-order valence-electron chi connectivity index (χ2n) is 4.32. The second-order valence-corrected chi connectivity index (χ2v) is 4.76. The first-order valence-corrected chi connectivity index (χ1v) is 6.01. The topological polar surface area (TPSA) is 17.1 Å². The smallest absolute Gasteiger partial charge is 0.164 e. The minimum atomic E-state index is 0.191. The first-order chi connectivity index (χ1) is 8.25. The van der Waals surface area contributed by atoms with Gasteiger partial charge < -0.3 is 0 Å². The molecule has 1 aliphatic carbocycles. The summed E-state index contributed by atoms with van der Waals surface area (Å²) in [7, 11) is 0. The van der Waals surface area contributed by atoms with E-state index < -0.39 is 0 Å². The lowest BCUT2D eigenvalue weighted by Crippen LogP contribution is -1.95. The van der Waals surface area contributed by atoms with Crippen LogP contribution in [-0.4, -0.2) is 5.78 Å². The first kappa shape index (κ1) is 10.5. The minimum Gasteiger partial charge on any atom is -0.294 e. The normalized spacial score (nSPS) is 18.2. The Bertz CT molecular complexity index is 575. The molecule has 2 heteroatoms. The van der Waals surface area contributed by atoms with Gasteiger partial charge in [0.15, 0.2) is 5.78 Å². The van der Waals surface area contributed by atoms with Crippen LogP contribution in [0.1, 0.15) is 33.8 Å². The summed E-state index contributed by atoms with van der Waals surface area (Å²) in [5.74, 6) is 0.382. The SMILES string of the molecule is O=C1CC(c2ccccc2)c2ccc(Cl)cc21. The van der Waals surface area contributed by atoms with Crippen LogP contribution >= 0.6 is 11.6 Å². The molecule has 1 unspecified atom stereocenters. The molecule has 0 N–H and O–H groups in total.